The van der Waals surface area contributed by atoms with Crippen LogP contribution in [0.3, 0.4) is 0 Å². The van der Waals surface area contributed by atoms with Crippen molar-refractivity contribution in [3.05, 3.63) is 36.4 Å². The number of benzene rings is 1. The molecular formula is C15H21NO3. The van der Waals surface area contributed by atoms with Gasteiger partial charge in [0.2, 0.25) is 0 Å². The molecule has 1 aliphatic carbocycles. The molecule has 0 heterocycles. The first kappa shape index (κ1) is 13.9. The lowest BCUT2D eigenvalue weighted by Gasteiger charge is -2.17. The molecule has 0 saturated heterocycles. The molecule has 1 aromatic carbocycles. The van der Waals surface area contributed by atoms with E-state index in [1.807, 2.05) is 24.3 Å². The number of aliphatic hydroxyl groups is 1. The maximum Gasteiger partial charge on any atom is 0.161 e. The molecule has 2 rings (SSSR count). The quantitative estimate of drug-likeness (QED) is 0.736. The molecule has 0 aromatic heterocycles. The summed E-state index contributed by atoms with van der Waals surface area (Å²) in [6, 6.07) is 7.90. The number of methoxy groups -OCH3 is 1. The molecule has 0 saturated carbocycles. The maximum atomic E-state index is 9.89. The number of para-hydroxylation sites is 2. The van der Waals surface area contributed by atoms with E-state index in [0.717, 1.165) is 12.8 Å². The Balaban J connectivity index is 1.71. The van der Waals surface area contributed by atoms with Crippen molar-refractivity contribution >= 4 is 0 Å². The summed E-state index contributed by atoms with van der Waals surface area (Å²) in [5.74, 6) is 1.34. The van der Waals surface area contributed by atoms with Gasteiger partial charge in [-0.1, -0.05) is 24.3 Å². The fourth-order valence-electron chi connectivity index (χ4n) is 2.07. The van der Waals surface area contributed by atoms with Crippen LogP contribution in [-0.4, -0.2) is 37.5 Å². The highest BCUT2D eigenvalue weighted by Gasteiger charge is 2.13. The molecule has 0 radical (unpaired) electrons. The van der Waals surface area contributed by atoms with Gasteiger partial charge >= 0.3 is 0 Å². The standard InChI is InChI=1S/C15H21NO3/c1-18-14-8-4-5-9-15(14)19-11-13(17)10-16-12-6-2-3-7-12/h2-5,8-9,12-13,16-17H,6-7,10-11H2,1H3. The summed E-state index contributed by atoms with van der Waals surface area (Å²) in [7, 11) is 1.60. The molecule has 1 atom stereocenters. The third kappa shape index (κ3) is 4.26. The molecule has 0 amide bonds. The second-order valence-electron chi connectivity index (χ2n) is 4.66. The lowest BCUT2D eigenvalue weighted by atomic mass is 10.2. The number of aliphatic hydroxyl groups excluding tert-OH is 1. The van der Waals surface area contributed by atoms with E-state index >= 15 is 0 Å². The van der Waals surface area contributed by atoms with Crippen molar-refractivity contribution in [2.24, 2.45) is 0 Å². The van der Waals surface area contributed by atoms with E-state index in [0.29, 0.717) is 24.1 Å². The van der Waals surface area contributed by atoms with Gasteiger partial charge in [-0.05, 0) is 25.0 Å². The van der Waals surface area contributed by atoms with Gasteiger partial charge in [0.25, 0.3) is 0 Å². The highest BCUT2D eigenvalue weighted by molar-refractivity contribution is 5.39. The van der Waals surface area contributed by atoms with Gasteiger partial charge in [-0.15, -0.1) is 0 Å². The summed E-state index contributed by atoms with van der Waals surface area (Å²) >= 11 is 0. The Morgan fingerprint density at radius 3 is 2.63 bits per heavy atom. The average molecular weight is 263 g/mol. The van der Waals surface area contributed by atoms with Crippen LogP contribution in [0.15, 0.2) is 36.4 Å². The molecule has 2 N–H and O–H groups in total. The zero-order chi connectivity index (χ0) is 13.5. The molecule has 0 fully saturated rings. The van der Waals surface area contributed by atoms with Gasteiger partial charge in [0, 0.05) is 12.6 Å². The Morgan fingerprint density at radius 2 is 1.95 bits per heavy atom. The number of ether oxygens (including phenoxy) is 2. The minimum Gasteiger partial charge on any atom is -0.493 e. The van der Waals surface area contributed by atoms with Gasteiger partial charge in [0.15, 0.2) is 11.5 Å². The van der Waals surface area contributed by atoms with Crippen molar-refractivity contribution in [3.8, 4) is 11.5 Å². The molecule has 104 valence electrons. The molecule has 1 unspecified atom stereocenters. The van der Waals surface area contributed by atoms with E-state index in [1.54, 1.807) is 7.11 Å². The largest absolute Gasteiger partial charge is 0.493 e. The van der Waals surface area contributed by atoms with Crippen LogP contribution >= 0.6 is 0 Å². The zero-order valence-electron chi connectivity index (χ0n) is 11.2. The SMILES string of the molecule is COc1ccccc1OCC(O)CNC1CC=CC1. The predicted octanol–water partition coefficient (Wildman–Crippen LogP) is 1.74. The predicted molar refractivity (Wildman–Crippen MR) is 74.7 cm³/mol. The van der Waals surface area contributed by atoms with E-state index in [4.69, 9.17) is 9.47 Å². The number of hydrogen-bond acceptors (Lipinski definition) is 4. The maximum absolute atomic E-state index is 9.89. The summed E-state index contributed by atoms with van der Waals surface area (Å²) in [4.78, 5) is 0. The van der Waals surface area contributed by atoms with Crippen LogP contribution in [0.1, 0.15) is 12.8 Å². The molecule has 1 aliphatic rings. The number of rotatable bonds is 7. The first-order valence-electron chi connectivity index (χ1n) is 6.62. The number of nitrogens with one attached hydrogen (secondary N) is 1. The van der Waals surface area contributed by atoms with E-state index in [9.17, 15) is 5.11 Å². The third-order valence-electron chi connectivity index (χ3n) is 3.15. The van der Waals surface area contributed by atoms with E-state index in [2.05, 4.69) is 17.5 Å². The van der Waals surface area contributed by atoms with Crippen molar-refractivity contribution < 1.29 is 14.6 Å². The number of hydrogen-bond donors (Lipinski definition) is 2. The van der Waals surface area contributed by atoms with Crippen LogP contribution in [0, 0.1) is 0 Å². The molecule has 19 heavy (non-hydrogen) atoms. The molecular weight excluding hydrogens is 242 g/mol. The van der Waals surface area contributed by atoms with Crippen molar-refractivity contribution in [2.75, 3.05) is 20.3 Å². The lowest BCUT2D eigenvalue weighted by molar-refractivity contribution is 0.102. The van der Waals surface area contributed by atoms with Crippen LogP contribution in [0.25, 0.3) is 0 Å². The summed E-state index contributed by atoms with van der Waals surface area (Å²) < 4.78 is 10.8. The van der Waals surface area contributed by atoms with Gasteiger partial charge in [-0.3, -0.25) is 0 Å². The van der Waals surface area contributed by atoms with E-state index in [-0.39, 0.29) is 6.61 Å². The zero-order valence-corrected chi connectivity index (χ0v) is 11.2. The minimum absolute atomic E-state index is 0.257. The summed E-state index contributed by atoms with van der Waals surface area (Å²) in [5, 5.41) is 13.2. The topological polar surface area (TPSA) is 50.7 Å². The molecule has 4 heteroatoms. The normalized spacial score (nSPS) is 16.5. The second-order valence-corrected chi connectivity index (χ2v) is 4.66. The van der Waals surface area contributed by atoms with Crippen molar-refractivity contribution in [2.45, 2.75) is 25.0 Å². The van der Waals surface area contributed by atoms with Crippen LogP contribution in [-0.2, 0) is 0 Å². The van der Waals surface area contributed by atoms with Gasteiger partial charge in [0.05, 0.1) is 7.11 Å². The Labute approximate surface area is 114 Å². The summed E-state index contributed by atoms with van der Waals surface area (Å²) in [6.45, 7) is 0.801. The molecule has 4 nitrogen and oxygen atoms in total. The lowest BCUT2D eigenvalue weighted by Crippen LogP contribution is -2.36. The van der Waals surface area contributed by atoms with Gasteiger partial charge in [-0.2, -0.15) is 0 Å². The molecule has 1 aromatic rings. The molecule has 0 bridgehead atoms. The smallest absolute Gasteiger partial charge is 0.161 e. The first-order chi connectivity index (χ1) is 9.29. The van der Waals surface area contributed by atoms with Crippen molar-refractivity contribution in [3.63, 3.8) is 0 Å². The summed E-state index contributed by atoms with van der Waals surface area (Å²) in [6.07, 6.45) is 5.88. The third-order valence-corrected chi connectivity index (χ3v) is 3.15. The fraction of sp³-hybridized carbons (Fsp3) is 0.467. The highest BCUT2D eigenvalue weighted by Crippen LogP contribution is 2.25. The monoisotopic (exact) mass is 263 g/mol. The van der Waals surface area contributed by atoms with Crippen LogP contribution in [0.5, 0.6) is 11.5 Å². The van der Waals surface area contributed by atoms with E-state index < -0.39 is 6.10 Å². The second kappa shape index (κ2) is 7.16. The Bertz CT molecular complexity index is 412. The Hall–Kier alpha value is -1.52. The van der Waals surface area contributed by atoms with Crippen molar-refractivity contribution in [1.29, 1.82) is 0 Å². The van der Waals surface area contributed by atoms with Crippen LogP contribution in [0.4, 0.5) is 0 Å². The van der Waals surface area contributed by atoms with Gasteiger partial charge in [0.1, 0.15) is 12.7 Å². The van der Waals surface area contributed by atoms with E-state index in [1.165, 1.54) is 0 Å². The minimum atomic E-state index is -0.523. The molecule has 0 aliphatic heterocycles. The van der Waals surface area contributed by atoms with Crippen LogP contribution in [0.2, 0.25) is 0 Å². The van der Waals surface area contributed by atoms with Crippen LogP contribution < -0.4 is 14.8 Å². The average Bonchev–Trinajstić information content (AvgIpc) is 2.96. The summed E-state index contributed by atoms with van der Waals surface area (Å²) in [5.41, 5.74) is 0. The molecule has 0 spiro atoms. The Morgan fingerprint density at radius 1 is 1.26 bits per heavy atom. The van der Waals surface area contributed by atoms with Gasteiger partial charge in [-0.25, -0.2) is 0 Å². The Kier molecular flexibility index (Phi) is 5.24. The fourth-order valence-corrected chi connectivity index (χ4v) is 2.07. The van der Waals surface area contributed by atoms with Crippen molar-refractivity contribution in [1.82, 2.24) is 5.32 Å². The highest BCUT2D eigenvalue weighted by atomic mass is 16.5. The van der Waals surface area contributed by atoms with Gasteiger partial charge < -0.3 is 19.9 Å². The first-order valence-corrected chi connectivity index (χ1v) is 6.62.